The number of rotatable bonds is 4. The Kier molecular flexibility index (Phi) is 5.32. The number of hydrogen-bond acceptors (Lipinski definition) is 5. The first kappa shape index (κ1) is 16.4. The monoisotopic (exact) mass is 334 g/mol. The molecule has 21 heavy (non-hydrogen) atoms. The summed E-state index contributed by atoms with van der Waals surface area (Å²) in [5.74, 6) is 1.42. The smallest absolute Gasteiger partial charge is 0.240 e. The van der Waals surface area contributed by atoms with Crippen molar-refractivity contribution in [1.29, 1.82) is 0 Å². The standard InChI is InChI=1S/C13H18N2O4S.ClH/c16-20(17,15-8-10-2-1-5-14-7-10)11-3-4-12-13(6-11)19-9-18-12;/h3-4,6,10,14-15H,1-2,5,7-9H2;1H. The van der Waals surface area contributed by atoms with Crippen LogP contribution in [0.25, 0.3) is 0 Å². The summed E-state index contributed by atoms with van der Waals surface area (Å²) >= 11 is 0. The van der Waals surface area contributed by atoms with Crippen LogP contribution in [-0.2, 0) is 10.0 Å². The van der Waals surface area contributed by atoms with E-state index in [0.717, 1.165) is 25.9 Å². The minimum atomic E-state index is -3.49. The molecule has 2 N–H and O–H groups in total. The zero-order valence-electron chi connectivity index (χ0n) is 11.5. The molecule has 8 heteroatoms. The molecule has 0 amide bonds. The maximum atomic E-state index is 12.2. The van der Waals surface area contributed by atoms with Gasteiger partial charge in [0, 0.05) is 12.6 Å². The van der Waals surface area contributed by atoms with E-state index in [1.165, 1.54) is 12.1 Å². The normalized spacial score (nSPS) is 20.9. The Morgan fingerprint density at radius 3 is 2.86 bits per heavy atom. The van der Waals surface area contributed by atoms with Crippen molar-refractivity contribution in [3.63, 3.8) is 0 Å². The summed E-state index contributed by atoms with van der Waals surface area (Å²) < 4.78 is 37.5. The average molecular weight is 335 g/mol. The first-order valence-electron chi connectivity index (χ1n) is 6.75. The lowest BCUT2D eigenvalue weighted by Crippen LogP contribution is -2.38. The highest BCUT2D eigenvalue weighted by molar-refractivity contribution is 7.89. The SMILES string of the molecule is Cl.O=S(=O)(NCC1CCCNC1)c1ccc2c(c1)OCO2. The Bertz CT molecular complexity index is 588. The van der Waals surface area contributed by atoms with Crippen LogP contribution in [0.4, 0.5) is 0 Å². The fourth-order valence-corrected chi connectivity index (χ4v) is 3.58. The van der Waals surface area contributed by atoms with Gasteiger partial charge in [-0.15, -0.1) is 12.4 Å². The van der Waals surface area contributed by atoms with Crippen molar-refractivity contribution in [2.24, 2.45) is 5.92 Å². The van der Waals surface area contributed by atoms with Gasteiger partial charge in [0.15, 0.2) is 11.5 Å². The number of piperidine rings is 1. The second kappa shape index (κ2) is 6.83. The van der Waals surface area contributed by atoms with E-state index in [-0.39, 0.29) is 24.1 Å². The third-order valence-electron chi connectivity index (χ3n) is 3.62. The predicted molar refractivity (Wildman–Crippen MR) is 80.6 cm³/mol. The lowest BCUT2D eigenvalue weighted by Gasteiger charge is -2.22. The van der Waals surface area contributed by atoms with Crippen molar-refractivity contribution >= 4 is 22.4 Å². The summed E-state index contributed by atoms with van der Waals surface area (Å²) in [4.78, 5) is 0.213. The molecule has 0 spiro atoms. The molecule has 1 fully saturated rings. The van der Waals surface area contributed by atoms with Crippen LogP contribution in [-0.4, -0.2) is 34.8 Å². The minimum Gasteiger partial charge on any atom is -0.454 e. The summed E-state index contributed by atoms with van der Waals surface area (Å²) in [7, 11) is -3.49. The molecule has 1 saturated heterocycles. The Hall–Kier alpha value is -1.02. The van der Waals surface area contributed by atoms with Gasteiger partial charge in [-0.2, -0.15) is 0 Å². The topological polar surface area (TPSA) is 76.7 Å². The molecule has 0 bridgehead atoms. The first-order valence-corrected chi connectivity index (χ1v) is 8.23. The molecule has 118 valence electrons. The van der Waals surface area contributed by atoms with Crippen LogP contribution in [0, 0.1) is 5.92 Å². The van der Waals surface area contributed by atoms with Gasteiger partial charge in [-0.05, 0) is 44.0 Å². The van der Waals surface area contributed by atoms with Crippen LogP contribution in [0.1, 0.15) is 12.8 Å². The lowest BCUT2D eigenvalue weighted by molar-refractivity contribution is 0.174. The van der Waals surface area contributed by atoms with Crippen molar-refractivity contribution in [3.8, 4) is 11.5 Å². The number of nitrogens with one attached hydrogen (secondary N) is 2. The predicted octanol–water partition coefficient (Wildman–Crippen LogP) is 1.11. The molecular weight excluding hydrogens is 316 g/mol. The van der Waals surface area contributed by atoms with Gasteiger partial charge in [0.05, 0.1) is 4.90 Å². The molecule has 3 rings (SSSR count). The van der Waals surface area contributed by atoms with Crippen LogP contribution in [0.2, 0.25) is 0 Å². The summed E-state index contributed by atoms with van der Waals surface area (Å²) in [5, 5.41) is 3.27. The van der Waals surface area contributed by atoms with Gasteiger partial charge in [-0.1, -0.05) is 0 Å². The molecule has 0 saturated carbocycles. The third-order valence-corrected chi connectivity index (χ3v) is 5.04. The molecule has 6 nitrogen and oxygen atoms in total. The number of ether oxygens (including phenoxy) is 2. The molecule has 2 heterocycles. The molecule has 0 radical (unpaired) electrons. The fourth-order valence-electron chi connectivity index (χ4n) is 2.45. The highest BCUT2D eigenvalue weighted by atomic mass is 35.5. The number of benzene rings is 1. The Balaban J connectivity index is 0.00000161. The maximum Gasteiger partial charge on any atom is 0.240 e. The third kappa shape index (κ3) is 3.79. The van der Waals surface area contributed by atoms with E-state index in [1.54, 1.807) is 6.07 Å². The lowest BCUT2D eigenvalue weighted by atomic mass is 10.0. The zero-order chi connectivity index (χ0) is 14.0. The second-order valence-electron chi connectivity index (χ2n) is 5.08. The first-order chi connectivity index (χ1) is 9.65. The number of halogens is 1. The Morgan fingerprint density at radius 1 is 1.29 bits per heavy atom. The van der Waals surface area contributed by atoms with E-state index in [2.05, 4.69) is 10.0 Å². The van der Waals surface area contributed by atoms with E-state index >= 15 is 0 Å². The summed E-state index contributed by atoms with van der Waals surface area (Å²) in [6, 6.07) is 4.66. The molecule has 2 aliphatic heterocycles. The molecule has 1 unspecified atom stereocenters. The highest BCUT2D eigenvalue weighted by Crippen LogP contribution is 2.33. The number of fused-ring (bicyclic) bond motifs is 1. The second-order valence-corrected chi connectivity index (χ2v) is 6.85. The molecule has 1 aromatic rings. The van der Waals surface area contributed by atoms with Gasteiger partial charge in [0.25, 0.3) is 0 Å². The number of sulfonamides is 1. The quantitative estimate of drug-likeness (QED) is 0.862. The summed E-state index contributed by atoms with van der Waals surface area (Å²) in [6.45, 7) is 2.48. The largest absolute Gasteiger partial charge is 0.454 e. The van der Waals surface area contributed by atoms with Crippen LogP contribution >= 0.6 is 12.4 Å². The van der Waals surface area contributed by atoms with Crippen molar-refractivity contribution < 1.29 is 17.9 Å². The molecule has 1 atom stereocenters. The molecule has 1 aromatic carbocycles. The van der Waals surface area contributed by atoms with E-state index in [9.17, 15) is 8.42 Å². The van der Waals surface area contributed by atoms with Gasteiger partial charge in [0.2, 0.25) is 16.8 Å². The zero-order valence-corrected chi connectivity index (χ0v) is 13.1. The van der Waals surface area contributed by atoms with Crippen LogP contribution in [0.5, 0.6) is 11.5 Å². The molecule has 2 aliphatic rings. The Labute approximate surface area is 130 Å². The molecule has 0 aliphatic carbocycles. The van der Waals surface area contributed by atoms with Crippen LogP contribution in [0.15, 0.2) is 23.1 Å². The highest BCUT2D eigenvalue weighted by Gasteiger charge is 2.22. The van der Waals surface area contributed by atoms with Gasteiger partial charge in [-0.3, -0.25) is 0 Å². The molecule has 0 aromatic heterocycles. The van der Waals surface area contributed by atoms with Gasteiger partial charge >= 0.3 is 0 Å². The molecular formula is C13H19ClN2O4S. The summed E-state index contributed by atoms with van der Waals surface area (Å²) in [6.07, 6.45) is 2.15. The van der Waals surface area contributed by atoms with E-state index < -0.39 is 10.0 Å². The van der Waals surface area contributed by atoms with Gasteiger partial charge in [0.1, 0.15) is 0 Å². The van der Waals surface area contributed by atoms with E-state index in [4.69, 9.17) is 9.47 Å². The van der Waals surface area contributed by atoms with E-state index in [0.29, 0.717) is 24.0 Å². The van der Waals surface area contributed by atoms with Crippen molar-refractivity contribution in [3.05, 3.63) is 18.2 Å². The number of hydrogen-bond donors (Lipinski definition) is 2. The van der Waals surface area contributed by atoms with Crippen LogP contribution < -0.4 is 19.5 Å². The van der Waals surface area contributed by atoms with Crippen LogP contribution in [0.3, 0.4) is 0 Å². The van der Waals surface area contributed by atoms with E-state index in [1.807, 2.05) is 0 Å². The fraction of sp³-hybridized carbons (Fsp3) is 0.538. The van der Waals surface area contributed by atoms with Gasteiger partial charge < -0.3 is 14.8 Å². The Morgan fingerprint density at radius 2 is 2.10 bits per heavy atom. The average Bonchev–Trinajstić information content (AvgIpc) is 2.94. The summed E-state index contributed by atoms with van der Waals surface area (Å²) in [5.41, 5.74) is 0. The minimum absolute atomic E-state index is 0. The maximum absolute atomic E-state index is 12.2. The van der Waals surface area contributed by atoms with Crippen molar-refractivity contribution in [2.75, 3.05) is 26.4 Å². The van der Waals surface area contributed by atoms with Gasteiger partial charge in [-0.25, -0.2) is 13.1 Å². The van der Waals surface area contributed by atoms with Crippen molar-refractivity contribution in [2.45, 2.75) is 17.7 Å². The van der Waals surface area contributed by atoms with Crippen molar-refractivity contribution in [1.82, 2.24) is 10.0 Å².